The zero-order valence-corrected chi connectivity index (χ0v) is 17.5. The molecular formula is C18H17ClN4O3S2. The fraction of sp³-hybridized carbons (Fsp3) is 0.167. The zero-order valence-electron chi connectivity index (χ0n) is 15.1. The standard InChI is InChI=1S/C18H17ClN4O3S2/c1-12-7-9-13(10-8-12)11-23(2)28(25,26)18-22-21-17(27-18)20-16(24)14-5-3-4-6-15(14)19/h3-10H,11H2,1-2H3,(H,20,21,24). The van der Waals surface area contributed by atoms with Gasteiger partial charge in [-0.3, -0.25) is 10.1 Å². The number of sulfonamides is 1. The van der Waals surface area contributed by atoms with Crippen molar-refractivity contribution >= 4 is 44.0 Å². The van der Waals surface area contributed by atoms with E-state index >= 15 is 0 Å². The maximum absolute atomic E-state index is 12.7. The molecule has 0 saturated carbocycles. The van der Waals surface area contributed by atoms with Crippen molar-refractivity contribution < 1.29 is 13.2 Å². The van der Waals surface area contributed by atoms with Crippen molar-refractivity contribution in [1.29, 1.82) is 0 Å². The van der Waals surface area contributed by atoms with Crippen molar-refractivity contribution in [2.75, 3.05) is 12.4 Å². The first-order valence-corrected chi connectivity index (χ1v) is 10.8. The lowest BCUT2D eigenvalue weighted by atomic mass is 10.1. The highest BCUT2D eigenvalue weighted by molar-refractivity contribution is 7.91. The van der Waals surface area contributed by atoms with Gasteiger partial charge in [0.1, 0.15) is 0 Å². The SMILES string of the molecule is Cc1ccc(CN(C)S(=O)(=O)c2nnc(NC(=O)c3ccccc3Cl)s2)cc1. The van der Waals surface area contributed by atoms with Crippen molar-refractivity contribution in [3.8, 4) is 0 Å². The van der Waals surface area contributed by atoms with Crippen LogP contribution in [0.25, 0.3) is 0 Å². The summed E-state index contributed by atoms with van der Waals surface area (Å²) in [5.74, 6) is -0.487. The van der Waals surface area contributed by atoms with E-state index in [0.29, 0.717) is 0 Å². The molecule has 0 radical (unpaired) electrons. The molecule has 0 aliphatic heterocycles. The summed E-state index contributed by atoms with van der Waals surface area (Å²) in [5.41, 5.74) is 2.21. The van der Waals surface area contributed by atoms with Crippen molar-refractivity contribution in [1.82, 2.24) is 14.5 Å². The quantitative estimate of drug-likeness (QED) is 0.596. The Morgan fingerprint density at radius 3 is 2.50 bits per heavy atom. The molecule has 1 heterocycles. The summed E-state index contributed by atoms with van der Waals surface area (Å²) >= 11 is 6.78. The van der Waals surface area contributed by atoms with E-state index in [4.69, 9.17) is 11.6 Å². The number of carbonyl (C=O) groups is 1. The van der Waals surface area contributed by atoms with Crippen LogP contribution >= 0.6 is 22.9 Å². The van der Waals surface area contributed by atoms with E-state index in [1.165, 1.54) is 11.4 Å². The second kappa shape index (κ2) is 8.36. The van der Waals surface area contributed by atoms with Gasteiger partial charge in [-0.05, 0) is 24.6 Å². The molecule has 7 nitrogen and oxygen atoms in total. The lowest BCUT2D eigenvalue weighted by Crippen LogP contribution is -2.26. The molecular weight excluding hydrogens is 420 g/mol. The predicted octanol–water partition coefficient (Wildman–Crippen LogP) is 3.57. The first-order valence-electron chi connectivity index (χ1n) is 8.18. The molecule has 0 aliphatic rings. The molecule has 1 aromatic heterocycles. The summed E-state index contributed by atoms with van der Waals surface area (Å²) < 4.78 is 26.4. The highest BCUT2D eigenvalue weighted by Gasteiger charge is 2.26. The van der Waals surface area contributed by atoms with E-state index in [0.717, 1.165) is 22.5 Å². The molecule has 2 aromatic carbocycles. The molecule has 1 amide bonds. The zero-order chi connectivity index (χ0) is 20.3. The van der Waals surface area contributed by atoms with Crippen molar-refractivity contribution in [2.24, 2.45) is 0 Å². The monoisotopic (exact) mass is 436 g/mol. The van der Waals surface area contributed by atoms with Crippen LogP contribution < -0.4 is 5.32 Å². The minimum Gasteiger partial charge on any atom is -0.296 e. The Kier molecular flexibility index (Phi) is 6.09. The largest absolute Gasteiger partial charge is 0.296 e. The molecule has 3 rings (SSSR count). The Labute approximate surface area is 172 Å². The Morgan fingerprint density at radius 2 is 1.82 bits per heavy atom. The van der Waals surface area contributed by atoms with Gasteiger partial charge in [0.25, 0.3) is 15.9 Å². The summed E-state index contributed by atoms with van der Waals surface area (Å²) in [6.45, 7) is 2.16. The van der Waals surface area contributed by atoms with Crippen LogP contribution in [0, 0.1) is 6.92 Å². The minimum absolute atomic E-state index is 0.0761. The number of nitrogens with zero attached hydrogens (tertiary/aromatic N) is 3. The van der Waals surface area contributed by atoms with Crippen LogP contribution in [0.5, 0.6) is 0 Å². The number of aryl methyl sites for hydroxylation is 1. The number of rotatable bonds is 6. The van der Waals surface area contributed by atoms with Crippen LogP contribution in [0.15, 0.2) is 52.9 Å². The number of aromatic nitrogens is 2. The number of hydrogen-bond acceptors (Lipinski definition) is 6. The topological polar surface area (TPSA) is 92.3 Å². The van der Waals surface area contributed by atoms with Gasteiger partial charge in [-0.2, -0.15) is 4.31 Å². The highest BCUT2D eigenvalue weighted by atomic mass is 35.5. The van der Waals surface area contributed by atoms with Crippen molar-refractivity contribution in [3.63, 3.8) is 0 Å². The summed E-state index contributed by atoms with van der Waals surface area (Å²) in [5, 5.41) is 10.4. The average molecular weight is 437 g/mol. The van der Waals surface area contributed by atoms with E-state index in [1.54, 1.807) is 24.3 Å². The number of anilines is 1. The molecule has 0 unspecified atom stereocenters. The lowest BCUT2D eigenvalue weighted by Gasteiger charge is -2.15. The fourth-order valence-electron chi connectivity index (χ4n) is 2.34. The van der Waals surface area contributed by atoms with E-state index in [-0.39, 0.29) is 26.6 Å². The van der Waals surface area contributed by atoms with Crippen LogP contribution in [-0.4, -0.2) is 35.9 Å². The number of hydrogen-bond donors (Lipinski definition) is 1. The highest BCUT2D eigenvalue weighted by Crippen LogP contribution is 2.25. The van der Waals surface area contributed by atoms with E-state index in [1.807, 2.05) is 31.2 Å². The van der Waals surface area contributed by atoms with Crippen molar-refractivity contribution in [3.05, 3.63) is 70.2 Å². The molecule has 0 spiro atoms. The number of carbonyl (C=O) groups excluding carboxylic acids is 1. The maximum atomic E-state index is 12.7. The van der Waals surface area contributed by atoms with E-state index < -0.39 is 15.9 Å². The van der Waals surface area contributed by atoms with Gasteiger partial charge in [0.15, 0.2) is 0 Å². The fourth-order valence-corrected chi connectivity index (χ4v) is 4.81. The van der Waals surface area contributed by atoms with Crippen LogP contribution in [0.4, 0.5) is 5.13 Å². The van der Waals surface area contributed by atoms with Gasteiger partial charge < -0.3 is 0 Å². The third-order valence-electron chi connectivity index (χ3n) is 3.90. The van der Waals surface area contributed by atoms with Crippen LogP contribution in [0.3, 0.4) is 0 Å². The number of benzene rings is 2. The van der Waals surface area contributed by atoms with Gasteiger partial charge in [-0.25, -0.2) is 8.42 Å². The molecule has 3 aromatic rings. The molecule has 10 heteroatoms. The number of halogens is 1. The molecule has 0 atom stereocenters. The van der Waals surface area contributed by atoms with Gasteiger partial charge in [0, 0.05) is 13.6 Å². The Bertz CT molecular complexity index is 1100. The summed E-state index contributed by atoms with van der Waals surface area (Å²) in [7, 11) is -2.36. The molecule has 0 bridgehead atoms. The normalized spacial score (nSPS) is 11.6. The second-order valence-electron chi connectivity index (χ2n) is 6.05. The second-order valence-corrected chi connectivity index (χ2v) is 9.66. The third kappa shape index (κ3) is 4.56. The van der Waals surface area contributed by atoms with Gasteiger partial charge in [0.05, 0.1) is 10.6 Å². The Hall–Kier alpha value is -2.33. The molecule has 0 saturated heterocycles. The van der Waals surface area contributed by atoms with Crippen LogP contribution in [0.2, 0.25) is 5.02 Å². The molecule has 0 aliphatic carbocycles. The predicted molar refractivity (Wildman–Crippen MR) is 109 cm³/mol. The average Bonchev–Trinajstić information content (AvgIpc) is 3.13. The number of amides is 1. The summed E-state index contributed by atoms with van der Waals surface area (Å²) in [6, 6.07) is 14.1. The van der Waals surface area contributed by atoms with Crippen LogP contribution in [-0.2, 0) is 16.6 Å². The van der Waals surface area contributed by atoms with Gasteiger partial charge in [-0.15, -0.1) is 10.2 Å². The minimum atomic E-state index is -3.83. The van der Waals surface area contributed by atoms with Gasteiger partial charge in [-0.1, -0.05) is 64.9 Å². The Morgan fingerprint density at radius 1 is 1.14 bits per heavy atom. The van der Waals surface area contributed by atoms with Gasteiger partial charge in [0.2, 0.25) is 9.47 Å². The maximum Gasteiger partial charge on any atom is 0.272 e. The van der Waals surface area contributed by atoms with Gasteiger partial charge >= 0.3 is 0 Å². The molecule has 146 valence electrons. The van der Waals surface area contributed by atoms with E-state index in [2.05, 4.69) is 15.5 Å². The van der Waals surface area contributed by atoms with E-state index in [9.17, 15) is 13.2 Å². The molecule has 1 N–H and O–H groups in total. The molecule has 0 fully saturated rings. The van der Waals surface area contributed by atoms with Crippen molar-refractivity contribution in [2.45, 2.75) is 17.8 Å². The first-order chi connectivity index (χ1) is 13.3. The smallest absolute Gasteiger partial charge is 0.272 e. The first kappa shape index (κ1) is 20.4. The van der Waals surface area contributed by atoms with Crippen LogP contribution in [0.1, 0.15) is 21.5 Å². The Balaban J connectivity index is 1.73. The number of nitrogens with one attached hydrogen (secondary N) is 1. The summed E-state index contributed by atoms with van der Waals surface area (Å²) in [6.07, 6.45) is 0. The summed E-state index contributed by atoms with van der Waals surface area (Å²) in [4.78, 5) is 12.3. The lowest BCUT2D eigenvalue weighted by molar-refractivity contribution is 0.102. The molecule has 28 heavy (non-hydrogen) atoms. The third-order valence-corrected chi connectivity index (χ3v) is 7.22.